The average Bonchev–Trinajstić information content (AvgIpc) is 2.96. The molecule has 2 aromatic heterocycles. The number of hydrogen-bond acceptors (Lipinski definition) is 7. The summed E-state index contributed by atoms with van der Waals surface area (Å²) in [5.74, 6) is -0.00769. The lowest BCUT2D eigenvalue weighted by atomic mass is 10.2. The average molecular weight is 375 g/mol. The van der Waals surface area contributed by atoms with Crippen LogP contribution in [0.5, 0.6) is 5.75 Å². The van der Waals surface area contributed by atoms with Gasteiger partial charge in [-0.1, -0.05) is 0 Å². The fourth-order valence-corrected chi connectivity index (χ4v) is 3.60. The molecule has 11 heteroatoms. The van der Waals surface area contributed by atoms with E-state index in [9.17, 15) is 8.42 Å². The lowest BCUT2D eigenvalue weighted by Gasteiger charge is -2.14. The fraction of sp³-hybridized carbons (Fsp3) is 0.133. The third-order valence-electron chi connectivity index (χ3n) is 3.78. The minimum absolute atomic E-state index is 0.00826. The van der Waals surface area contributed by atoms with Gasteiger partial charge < -0.3 is 16.2 Å². The number of nitrogen functional groups attached to an aromatic ring is 2. The van der Waals surface area contributed by atoms with E-state index in [0.29, 0.717) is 11.3 Å². The predicted octanol–water partition coefficient (Wildman–Crippen LogP) is 0.644. The van der Waals surface area contributed by atoms with E-state index < -0.39 is 10.0 Å². The second-order valence-corrected chi connectivity index (χ2v) is 7.16. The SMILES string of the molecule is COc1ccc2cnn(C)c2c1NS(=O)(=O)c1cnc(C(=N)N)c(N)c1. The highest BCUT2D eigenvalue weighted by molar-refractivity contribution is 7.92. The standard InChI is InChI=1S/C15H17N7O3S/c1-22-14-8(6-20-22)3-4-11(25-2)13(14)21-26(23,24)9-5-10(16)12(15(17)18)19-7-9/h3-7,21H,16H2,1-2H3,(H3,17,18). The molecule has 0 bridgehead atoms. The molecule has 1 aromatic carbocycles. The summed E-state index contributed by atoms with van der Waals surface area (Å²) in [7, 11) is -0.886. The van der Waals surface area contributed by atoms with Crippen molar-refractivity contribution in [3.63, 3.8) is 0 Å². The van der Waals surface area contributed by atoms with Crippen molar-refractivity contribution in [2.75, 3.05) is 17.6 Å². The summed E-state index contributed by atoms with van der Waals surface area (Å²) in [6.07, 6.45) is 2.71. The van der Waals surface area contributed by atoms with Gasteiger partial charge in [-0.25, -0.2) is 13.4 Å². The molecular formula is C15H17N7O3S. The van der Waals surface area contributed by atoms with E-state index >= 15 is 0 Å². The number of anilines is 2. The van der Waals surface area contributed by atoms with Crippen LogP contribution in [-0.4, -0.2) is 36.1 Å². The quantitative estimate of drug-likeness (QED) is 0.376. The zero-order chi connectivity index (χ0) is 19.1. The number of nitrogens with two attached hydrogens (primary N) is 2. The fourth-order valence-electron chi connectivity index (χ4n) is 2.54. The van der Waals surface area contributed by atoms with Crippen LogP contribution in [0.3, 0.4) is 0 Å². The highest BCUT2D eigenvalue weighted by Gasteiger charge is 2.22. The van der Waals surface area contributed by atoms with Crippen molar-refractivity contribution in [1.29, 1.82) is 5.41 Å². The first-order valence-corrected chi connectivity index (χ1v) is 8.84. The van der Waals surface area contributed by atoms with Crippen LogP contribution >= 0.6 is 0 Å². The number of rotatable bonds is 5. The van der Waals surface area contributed by atoms with Crippen LogP contribution in [0.25, 0.3) is 10.9 Å². The number of aromatic nitrogens is 3. The Hall–Kier alpha value is -3.34. The van der Waals surface area contributed by atoms with E-state index in [1.54, 1.807) is 30.1 Å². The molecule has 26 heavy (non-hydrogen) atoms. The highest BCUT2D eigenvalue weighted by atomic mass is 32.2. The number of sulfonamides is 1. The molecule has 0 aliphatic heterocycles. The minimum atomic E-state index is -4.02. The smallest absolute Gasteiger partial charge is 0.263 e. The summed E-state index contributed by atoms with van der Waals surface area (Å²) < 4.78 is 34.9. The molecule has 0 fully saturated rings. The molecule has 0 amide bonds. The third-order valence-corrected chi connectivity index (χ3v) is 5.10. The topological polar surface area (TPSA) is 162 Å². The monoisotopic (exact) mass is 375 g/mol. The summed E-state index contributed by atoms with van der Waals surface area (Å²) in [4.78, 5) is 3.69. The molecule has 0 saturated carbocycles. The number of pyridine rings is 1. The Morgan fingerprint density at radius 1 is 1.35 bits per heavy atom. The van der Waals surface area contributed by atoms with Crippen molar-refractivity contribution >= 4 is 38.1 Å². The van der Waals surface area contributed by atoms with Crippen LogP contribution in [0.4, 0.5) is 11.4 Å². The Balaban J connectivity index is 2.11. The van der Waals surface area contributed by atoms with Gasteiger partial charge in [0.25, 0.3) is 10.0 Å². The number of methoxy groups -OCH3 is 1. The van der Waals surface area contributed by atoms with E-state index in [2.05, 4.69) is 14.8 Å². The molecule has 0 atom stereocenters. The van der Waals surface area contributed by atoms with Gasteiger partial charge >= 0.3 is 0 Å². The van der Waals surface area contributed by atoms with Crippen LogP contribution in [0.1, 0.15) is 5.69 Å². The summed E-state index contributed by atoms with van der Waals surface area (Å²) in [6, 6.07) is 4.62. The zero-order valence-electron chi connectivity index (χ0n) is 14.0. The molecule has 0 radical (unpaired) electrons. The number of nitrogens with one attached hydrogen (secondary N) is 2. The van der Waals surface area contributed by atoms with E-state index in [1.807, 2.05) is 0 Å². The maximum absolute atomic E-state index is 12.8. The molecule has 3 aromatic rings. The highest BCUT2D eigenvalue weighted by Crippen LogP contribution is 2.34. The normalized spacial score (nSPS) is 11.5. The van der Waals surface area contributed by atoms with Crippen molar-refractivity contribution in [2.45, 2.75) is 4.90 Å². The van der Waals surface area contributed by atoms with Gasteiger partial charge in [0, 0.05) is 18.6 Å². The molecule has 2 heterocycles. The van der Waals surface area contributed by atoms with Crippen molar-refractivity contribution in [1.82, 2.24) is 14.8 Å². The number of amidine groups is 1. The van der Waals surface area contributed by atoms with Gasteiger partial charge in [0.05, 0.1) is 24.5 Å². The van der Waals surface area contributed by atoms with Gasteiger partial charge in [-0.05, 0) is 18.2 Å². The Morgan fingerprint density at radius 3 is 2.69 bits per heavy atom. The maximum Gasteiger partial charge on any atom is 0.263 e. The van der Waals surface area contributed by atoms with Gasteiger partial charge in [-0.2, -0.15) is 5.10 Å². The summed E-state index contributed by atoms with van der Waals surface area (Å²) in [5.41, 5.74) is 11.9. The first kappa shape index (κ1) is 17.5. The Labute approximate surface area is 149 Å². The van der Waals surface area contributed by atoms with Gasteiger partial charge in [0.2, 0.25) is 0 Å². The van der Waals surface area contributed by atoms with Crippen LogP contribution in [0, 0.1) is 5.41 Å². The maximum atomic E-state index is 12.8. The van der Waals surface area contributed by atoms with Crippen LogP contribution in [0.15, 0.2) is 35.5 Å². The molecular weight excluding hydrogens is 358 g/mol. The van der Waals surface area contributed by atoms with E-state index in [-0.39, 0.29) is 27.8 Å². The van der Waals surface area contributed by atoms with E-state index in [4.69, 9.17) is 21.6 Å². The molecule has 0 saturated heterocycles. The van der Waals surface area contributed by atoms with Crippen LogP contribution in [-0.2, 0) is 17.1 Å². The molecule has 6 N–H and O–H groups in total. The number of hydrogen-bond donors (Lipinski definition) is 4. The van der Waals surface area contributed by atoms with Crippen LogP contribution < -0.4 is 20.9 Å². The molecule has 3 rings (SSSR count). The second-order valence-electron chi connectivity index (χ2n) is 5.48. The van der Waals surface area contributed by atoms with Gasteiger partial charge in [-0.3, -0.25) is 14.8 Å². The van der Waals surface area contributed by atoms with Gasteiger partial charge in [0.1, 0.15) is 27.9 Å². The number of aryl methyl sites for hydroxylation is 1. The number of nitrogens with zero attached hydrogens (tertiary/aromatic N) is 3. The predicted molar refractivity (Wildman–Crippen MR) is 97.7 cm³/mol. The van der Waals surface area contributed by atoms with Crippen molar-refractivity contribution in [3.05, 3.63) is 36.3 Å². The summed E-state index contributed by atoms with van der Waals surface area (Å²) in [6.45, 7) is 0. The van der Waals surface area contributed by atoms with E-state index in [1.165, 1.54) is 13.2 Å². The molecule has 136 valence electrons. The zero-order valence-corrected chi connectivity index (χ0v) is 14.8. The molecule has 0 spiro atoms. The largest absolute Gasteiger partial charge is 0.494 e. The van der Waals surface area contributed by atoms with Crippen molar-refractivity contribution < 1.29 is 13.2 Å². The van der Waals surface area contributed by atoms with Crippen molar-refractivity contribution in [3.8, 4) is 5.75 Å². The first-order valence-electron chi connectivity index (χ1n) is 7.36. The van der Waals surface area contributed by atoms with Crippen LogP contribution in [0.2, 0.25) is 0 Å². The number of benzene rings is 1. The third kappa shape index (κ3) is 2.88. The Morgan fingerprint density at radius 2 is 2.08 bits per heavy atom. The number of fused-ring (bicyclic) bond motifs is 1. The Bertz CT molecular complexity index is 1120. The lowest BCUT2D eigenvalue weighted by molar-refractivity contribution is 0.417. The van der Waals surface area contributed by atoms with Crippen molar-refractivity contribution in [2.24, 2.45) is 12.8 Å². The minimum Gasteiger partial charge on any atom is -0.494 e. The molecule has 0 aliphatic carbocycles. The summed E-state index contributed by atoms with van der Waals surface area (Å²) >= 11 is 0. The Kier molecular flexibility index (Phi) is 4.16. The van der Waals surface area contributed by atoms with E-state index in [0.717, 1.165) is 11.6 Å². The lowest BCUT2D eigenvalue weighted by Crippen LogP contribution is -2.19. The molecule has 0 aliphatic rings. The molecule has 0 unspecified atom stereocenters. The van der Waals surface area contributed by atoms with Gasteiger partial charge in [-0.15, -0.1) is 0 Å². The molecule has 10 nitrogen and oxygen atoms in total. The summed E-state index contributed by atoms with van der Waals surface area (Å²) in [5, 5.41) is 12.3. The first-order chi connectivity index (χ1) is 12.2. The van der Waals surface area contributed by atoms with Gasteiger partial charge in [0.15, 0.2) is 0 Å². The second kappa shape index (κ2) is 6.19. The number of ether oxygens (including phenoxy) is 1.